The second-order valence-corrected chi connectivity index (χ2v) is 14.0. The van der Waals surface area contributed by atoms with Crippen molar-refractivity contribution >= 4 is 11.9 Å². The zero-order valence-corrected chi connectivity index (χ0v) is 23.2. The molecule has 6 heteroatoms. The fourth-order valence-electron chi connectivity index (χ4n) is 10.2. The second-order valence-electron chi connectivity index (χ2n) is 14.0. The first-order valence-electron chi connectivity index (χ1n) is 15.0. The van der Waals surface area contributed by atoms with E-state index in [4.69, 9.17) is 19.3 Å². The van der Waals surface area contributed by atoms with Crippen molar-refractivity contribution in [3.8, 4) is 0 Å². The van der Waals surface area contributed by atoms with Crippen LogP contribution in [-0.4, -0.2) is 41.6 Å². The van der Waals surface area contributed by atoms with E-state index in [1.54, 1.807) is 0 Å². The molecule has 0 aromatic rings. The number of fused-ring (bicyclic) bond motifs is 7. The van der Waals surface area contributed by atoms with Crippen LogP contribution in [-0.2, 0) is 23.8 Å². The normalized spacial score (nSPS) is 50.4. The first-order valence-corrected chi connectivity index (χ1v) is 15.0. The molecule has 3 saturated carbocycles. The van der Waals surface area contributed by atoms with Gasteiger partial charge in [0.05, 0.1) is 25.6 Å². The lowest BCUT2D eigenvalue weighted by Crippen LogP contribution is -2.52. The minimum atomic E-state index is -0.953. The molecule has 0 unspecified atom stereocenters. The molecule has 6 rings (SSSR count). The number of carbonyl (C=O) groups is 2. The van der Waals surface area contributed by atoms with Crippen molar-refractivity contribution in [2.24, 2.45) is 46.3 Å². The van der Waals surface area contributed by atoms with E-state index < -0.39 is 5.97 Å². The molecule has 0 bridgehead atoms. The average molecular weight is 515 g/mol. The minimum Gasteiger partial charge on any atom is -0.481 e. The Morgan fingerprint density at radius 3 is 2.62 bits per heavy atom. The average Bonchev–Trinajstić information content (AvgIpc) is 3.30. The van der Waals surface area contributed by atoms with Crippen LogP contribution in [0.3, 0.4) is 0 Å². The number of hydrogen-bond acceptors (Lipinski definition) is 5. The molecule has 5 fully saturated rings. The van der Waals surface area contributed by atoms with E-state index in [1.165, 1.54) is 31.3 Å². The molecular weight excluding hydrogens is 468 g/mol. The molecule has 4 aliphatic carbocycles. The summed E-state index contributed by atoms with van der Waals surface area (Å²) in [5.74, 6) is 2.08. The van der Waals surface area contributed by atoms with Crippen molar-refractivity contribution in [3.63, 3.8) is 0 Å². The molecule has 11 atom stereocenters. The summed E-state index contributed by atoms with van der Waals surface area (Å²) in [6.45, 7) is 10.6. The SMILES string of the molecule is C[C@H]1CC[C@@]2(OC1)O[C@H]1C[C@H]3[C@H]4CC=C5C[C@@H](OC(=O)CCC(=O)O)CC[C@]5(C)[C@@H]4CC[C@]3(C)[C@H]1[C@@H]2C. The van der Waals surface area contributed by atoms with Gasteiger partial charge in [0.15, 0.2) is 5.79 Å². The van der Waals surface area contributed by atoms with E-state index in [-0.39, 0.29) is 36.1 Å². The number of ether oxygens (including phenoxy) is 3. The van der Waals surface area contributed by atoms with Crippen LogP contribution in [0, 0.1) is 46.3 Å². The molecule has 37 heavy (non-hydrogen) atoms. The van der Waals surface area contributed by atoms with E-state index in [2.05, 4.69) is 33.8 Å². The summed E-state index contributed by atoms with van der Waals surface area (Å²) >= 11 is 0. The first-order chi connectivity index (χ1) is 17.6. The number of carbonyl (C=O) groups excluding carboxylic acids is 1. The third-order valence-corrected chi connectivity index (χ3v) is 12.2. The van der Waals surface area contributed by atoms with E-state index in [0.29, 0.717) is 47.0 Å². The molecule has 206 valence electrons. The van der Waals surface area contributed by atoms with Crippen LogP contribution in [0.25, 0.3) is 0 Å². The van der Waals surface area contributed by atoms with Gasteiger partial charge in [-0.05, 0) is 85.4 Å². The molecule has 2 heterocycles. The van der Waals surface area contributed by atoms with Crippen LogP contribution in [0.2, 0.25) is 0 Å². The van der Waals surface area contributed by atoms with Crippen LogP contribution in [0.1, 0.15) is 98.3 Å². The Hall–Kier alpha value is -1.40. The fraction of sp³-hybridized carbons (Fsp3) is 0.871. The molecule has 1 N–H and O–H groups in total. The summed E-state index contributed by atoms with van der Waals surface area (Å²) in [4.78, 5) is 23.0. The van der Waals surface area contributed by atoms with Gasteiger partial charge in [0.2, 0.25) is 0 Å². The monoisotopic (exact) mass is 514 g/mol. The molecule has 6 nitrogen and oxygen atoms in total. The second kappa shape index (κ2) is 9.08. The number of esters is 1. The highest BCUT2D eigenvalue weighted by atomic mass is 16.7. The summed E-state index contributed by atoms with van der Waals surface area (Å²) in [5, 5.41) is 8.86. The van der Waals surface area contributed by atoms with Gasteiger partial charge in [-0.25, -0.2) is 0 Å². The Balaban J connectivity index is 1.16. The number of carboxylic acids is 1. The summed E-state index contributed by atoms with van der Waals surface area (Å²) in [6.07, 6.45) is 12.4. The van der Waals surface area contributed by atoms with Gasteiger partial charge in [-0.2, -0.15) is 0 Å². The summed E-state index contributed by atoms with van der Waals surface area (Å²) in [6, 6.07) is 0. The zero-order valence-electron chi connectivity index (χ0n) is 23.2. The Bertz CT molecular complexity index is 965. The van der Waals surface area contributed by atoms with Crippen LogP contribution in [0.15, 0.2) is 11.6 Å². The molecule has 0 amide bonds. The van der Waals surface area contributed by atoms with Crippen molar-refractivity contribution in [2.75, 3.05) is 6.61 Å². The van der Waals surface area contributed by atoms with Gasteiger partial charge in [0, 0.05) is 18.8 Å². The van der Waals surface area contributed by atoms with E-state index in [9.17, 15) is 9.59 Å². The zero-order chi connectivity index (χ0) is 26.2. The van der Waals surface area contributed by atoms with E-state index >= 15 is 0 Å². The molecule has 0 aromatic carbocycles. The molecule has 0 radical (unpaired) electrons. The van der Waals surface area contributed by atoms with Gasteiger partial charge in [-0.15, -0.1) is 0 Å². The summed E-state index contributed by atoms with van der Waals surface area (Å²) < 4.78 is 19.1. The van der Waals surface area contributed by atoms with Crippen LogP contribution in [0.4, 0.5) is 0 Å². The highest BCUT2D eigenvalue weighted by Crippen LogP contribution is 2.70. The fourth-order valence-corrected chi connectivity index (χ4v) is 10.2. The molecule has 2 saturated heterocycles. The van der Waals surface area contributed by atoms with Gasteiger partial charge in [-0.1, -0.05) is 39.3 Å². The highest BCUT2D eigenvalue weighted by molar-refractivity contribution is 5.76. The van der Waals surface area contributed by atoms with Crippen molar-refractivity contribution in [2.45, 2.75) is 116 Å². The van der Waals surface area contributed by atoms with Crippen molar-refractivity contribution in [3.05, 3.63) is 11.6 Å². The van der Waals surface area contributed by atoms with Gasteiger partial charge in [-0.3, -0.25) is 9.59 Å². The number of allylic oxidation sites excluding steroid dienone is 1. The maximum Gasteiger partial charge on any atom is 0.306 e. The van der Waals surface area contributed by atoms with Crippen molar-refractivity contribution < 1.29 is 28.9 Å². The number of aliphatic carboxylic acids is 1. The summed E-state index contributed by atoms with van der Waals surface area (Å²) in [7, 11) is 0. The van der Waals surface area contributed by atoms with Gasteiger partial charge >= 0.3 is 11.9 Å². The Morgan fingerprint density at radius 1 is 1.08 bits per heavy atom. The van der Waals surface area contributed by atoms with Crippen LogP contribution in [0.5, 0.6) is 0 Å². The Kier molecular flexibility index (Phi) is 6.34. The van der Waals surface area contributed by atoms with Crippen molar-refractivity contribution in [1.82, 2.24) is 0 Å². The molecule has 6 aliphatic rings. The highest BCUT2D eigenvalue weighted by Gasteiger charge is 2.68. The standard InChI is InChI=1S/C31H46O6/c1-18-9-14-31(35-17-18)19(2)28-25(37-31)16-24-22-6-5-20-15-21(36-27(34)8-7-26(32)33)10-12-29(20,3)23(22)11-13-30(24,28)4/h5,18-19,21-25,28H,6-17H2,1-4H3,(H,32,33)/t18-,19-,21-,22-,23+,24-,25-,28-,29-,30-,31+/m0/s1. The molecule has 0 aromatic heterocycles. The maximum absolute atomic E-state index is 12.2. The number of rotatable bonds is 4. The topological polar surface area (TPSA) is 82.1 Å². The number of carboxylic acid groups (broad SMARTS) is 1. The minimum absolute atomic E-state index is 0.0404. The molecular formula is C31H46O6. The lowest BCUT2D eigenvalue weighted by molar-refractivity contribution is -0.272. The smallest absolute Gasteiger partial charge is 0.306 e. The third-order valence-electron chi connectivity index (χ3n) is 12.2. The van der Waals surface area contributed by atoms with Crippen LogP contribution >= 0.6 is 0 Å². The predicted molar refractivity (Wildman–Crippen MR) is 138 cm³/mol. The van der Waals surface area contributed by atoms with Crippen LogP contribution < -0.4 is 0 Å². The van der Waals surface area contributed by atoms with E-state index in [0.717, 1.165) is 38.7 Å². The van der Waals surface area contributed by atoms with Gasteiger partial charge in [0.25, 0.3) is 0 Å². The number of hydrogen-bond donors (Lipinski definition) is 1. The largest absolute Gasteiger partial charge is 0.481 e. The third kappa shape index (κ3) is 4.02. The maximum atomic E-state index is 12.2. The quantitative estimate of drug-likeness (QED) is 0.359. The predicted octanol–water partition coefficient (Wildman–Crippen LogP) is 6.13. The molecule has 2 aliphatic heterocycles. The lowest BCUT2D eigenvalue weighted by Gasteiger charge is -2.58. The van der Waals surface area contributed by atoms with E-state index in [1.807, 2.05) is 0 Å². The Morgan fingerprint density at radius 2 is 1.89 bits per heavy atom. The van der Waals surface area contributed by atoms with Gasteiger partial charge in [0.1, 0.15) is 6.10 Å². The first kappa shape index (κ1) is 25.9. The Labute approximate surface area is 221 Å². The lowest BCUT2D eigenvalue weighted by atomic mass is 9.47. The van der Waals surface area contributed by atoms with Gasteiger partial charge < -0.3 is 19.3 Å². The van der Waals surface area contributed by atoms with Crippen molar-refractivity contribution in [1.29, 1.82) is 0 Å². The molecule has 1 spiro atoms. The summed E-state index contributed by atoms with van der Waals surface area (Å²) in [5.41, 5.74) is 1.98.